The molecule has 0 aromatic carbocycles. The summed E-state index contributed by atoms with van der Waals surface area (Å²) in [5, 5.41) is 2.98. The van der Waals surface area contributed by atoms with Crippen LogP contribution in [0.5, 0.6) is 0 Å². The number of allylic oxidation sites excluding steroid dienone is 3. The van der Waals surface area contributed by atoms with Crippen molar-refractivity contribution in [1.29, 1.82) is 0 Å². The van der Waals surface area contributed by atoms with E-state index in [2.05, 4.69) is 24.4 Å². The molecule has 1 aliphatic carbocycles. The molecule has 2 rings (SSSR count). The van der Waals surface area contributed by atoms with Gasteiger partial charge < -0.3 is 14.8 Å². The van der Waals surface area contributed by atoms with E-state index in [1.807, 2.05) is 0 Å². The van der Waals surface area contributed by atoms with E-state index in [-0.39, 0.29) is 11.8 Å². The maximum absolute atomic E-state index is 11.3. The zero-order valence-corrected chi connectivity index (χ0v) is 11.1. The van der Waals surface area contributed by atoms with Crippen LogP contribution in [-0.4, -0.2) is 25.9 Å². The minimum absolute atomic E-state index is 0.195. The SMILES string of the molecule is CC[C@H]1C(=O)N[C@@H]1CC1=CCC=C(OCOC)C1. The average molecular weight is 251 g/mol. The number of nitrogens with one attached hydrogen (secondary N) is 1. The predicted molar refractivity (Wildman–Crippen MR) is 68.7 cm³/mol. The molecule has 0 radical (unpaired) electrons. The van der Waals surface area contributed by atoms with Crippen LogP contribution in [0.4, 0.5) is 0 Å². The van der Waals surface area contributed by atoms with Crippen molar-refractivity contribution in [3.63, 3.8) is 0 Å². The molecule has 0 unspecified atom stereocenters. The van der Waals surface area contributed by atoms with Gasteiger partial charge in [0.25, 0.3) is 0 Å². The van der Waals surface area contributed by atoms with Crippen molar-refractivity contribution in [2.45, 2.75) is 38.6 Å². The molecule has 1 fully saturated rings. The Kier molecular flexibility index (Phi) is 4.42. The number of rotatable bonds is 6. The highest BCUT2D eigenvalue weighted by atomic mass is 16.7. The highest BCUT2D eigenvalue weighted by Gasteiger charge is 2.37. The number of amides is 1. The minimum atomic E-state index is 0.195. The van der Waals surface area contributed by atoms with Gasteiger partial charge in [0.15, 0.2) is 6.79 Å². The molecule has 2 atom stereocenters. The fraction of sp³-hybridized carbons (Fsp3) is 0.643. The largest absolute Gasteiger partial charge is 0.472 e. The highest BCUT2D eigenvalue weighted by Crippen LogP contribution is 2.29. The quantitative estimate of drug-likeness (QED) is 0.447. The van der Waals surface area contributed by atoms with Gasteiger partial charge in [-0.15, -0.1) is 0 Å². The summed E-state index contributed by atoms with van der Waals surface area (Å²) in [6, 6.07) is 0.315. The molecule has 1 N–H and O–H groups in total. The van der Waals surface area contributed by atoms with Crippen LogP contribution in [-0.2, 0) is 14.3 Å². The van der Waals surface area contributed by atoms with Gasteiger partial charge in [0, 0.05) is 19.6 Å². The molecule has 4 nitrogen and oxygen atoms in total. The lowest BCUT2D eigenvalue weighted by Crippen LogP contribution is -2.57. The molecule has 2 aliphatic rings. The van der Waals surface area contributed by atoms with Gasteiger partial charge in [-0.05, 0) is 25.3 Å². The second-order valence-corrected chi connectivity index (χ2v) is 4.83. The lowest BCUT2D eigenvalue weighted by molar-refractivity contribution is -0.135. The molecule has 1 amide bonds. The molecule has 100 valence electrons. The summed E-state index contributed by atoms with van der Waals surface area (Å²) in [6.07, 6.45) is 7.93. The second kappa shape index (κ2) is 6.05. The van der Waals surface area contributed by atoms with Crippen molar-refractivity contribution in [1.82, 2.24) is 5.32 Å². The smallest absolute Gasteiger partial charge is 0.225 e. The van der Waals surface area contributed by atoms with Crippen molar-refractivity contribution >= 4 is 5.91 Å². The average Bonchev–Trinajstić information content (AvgIpc) is 2.36. The van der Waals surface area contributed by atoms with Crippen molar-refractivity contribution < 1.29 is 14.3 Å². The van der Waals surface area contributed by atoms with Crippen molar-refractivity contribution in [3.05, 3.63) is 23.5 Å². The zero-order chi connectivity index (χ0) is 13.0. The van der Waals surface area contributed by atoms with Gasteiger partial charge in [-0.1, -0.05) is 18.6 Å². The van der Waals surface area contributed by atoms with E-state index in [1.54, 1.807) is 7.11 Å². The number of hydrogen-bond donors (Lipinski definition) is 1. The first kappa shape index (κ1) is 13.1. The summed E-state index contributed by atoms with van der Waals surface area (Å²) >= 11 is 0. The van der Waals surface area contributed by atoms with Gasteiger partial charge in [-0.25, -0.2) is 0 Å². The van der Waals surface area contributed by atoms with Crippen molar-refractivity contribution in [2.75, 3.05) is 13.9 Å². The molecular weight excluding hydrogens is 230 g/mol. The summed E-state index contributed by atoms with van der Waals surface area (Å²) in [5.41, 5.74) is 1.35. The molecule has 0 bridgehead atoms. The summed E-state index contributed by atoms with van der Waals surface area (Å²) in [6.45, 7) is 2.37. The number of carbonyl (C=O) groups excluding carboxylic acids is 1. The van der Waals surface area contributed by atoms with Gasteiger partial charge in [0.1, 0.15) is 0 Å². The normalized spacial score (nSPS) is 26.9. The number of methoxy groups -OCH3 is 1. The van der Waals surface area contributed by atoms with Gasteiger partial charge in [0.05, 0.1) is 11.7 Å². The predicted octanol–water partition coefficient (Wildman–Crippen LogP) is 2.13. The molecular formula is C14H21NO3. The topological polar surface area (TPSA) is 47.6 Å². The van der Waals surface area contributed by atoms with Crippen molar-refractivity contribution in [3.8, 4) is 0 Å². The summed E-state index contributed by atoms with van der Waals surface area (Å²) in [7, 11) is 1.62. The fourth-order valence-corrected chi connectivity index (χ4v) is 2.55. The van der Waals surface area contributed by atoms with Crippen LogP contribution in [0.15, 0.2) is 23.5 Å². The maximum Gasteiger partial charge on any atom is 0.225 e. The van der Waals surface area contributed by atoms with Gasteiger partial charge in [-0.3, -0.25) is 4.79 Å². The Hall–Kier alpha value is -1.29. The Morgan fingerprint density at radius 3 is 2.94 bits per heavy atom. The molecule has 1 aliphatic heterocycles. The van der Waals surface area contributed by atoms with Crippen LogP contribution < -0.4 is 5.32 Å². The third-order valence-electron chi connectivity index (χ3n) is 3.59. The highest BCUT2D eigenvalue weighted by molar-refractivity contribution is 5.85. The third kappa shape index (κ3) is 2.93. The molecule has 0 aromatic heterocycles. The van der Waals surface area contributed by atoms with Gasteiger partial charge >= 0.3 is 0 Å². The standard InChI is InChI=1S/C14H21NO3/c1-3-12-13(15-14(12)16)8-10-5-4-6-11(7-10)18-9-17-2/h5-6,12-13H,3-4,7-9H2,1-2H3,(H,15,16)/t12-,13-/m1/s1. The second-order valence-electron chi connectivity index (χ2n) is 4.83. The van der Waals surface area contributed by atoms with Crippen LogP contribution in [0.25, 0.3) is 0 Å². The van der Waals surface area contributed by atoms with Crippen LogP contribution in [0, 0.1) is 5.92 Å². The number of β-lactam (4-membered cyclic amide) rings is 1. The van der Waals surface area contributed by atoms with E-state index < -0.39 is 0 Å². The maximum atomic E-state index is 11.3. The van der Waals surface area contributed by atoms with E-state index in [0.29, 0.717) is 12.8 Å². The molecule has 0 spiro atoms. The van der Waals surface area contributed by atoms with E-state index in [1.165, 1.54) is 5.57 Å². The Morgan fingerprint density at radius 2 is 2.28 bits per heavy atom. The Labute approximate surface area is 108 Å². The first-order valence-corrected chi connectivity index (χ1v) is 6.53. The molecule has 0 saturated carbocycles. The first-order valence-electron chi connectivity index (χ1n) is 6.53. The molecule has 1 saturated heterocycles. The zero-order valence-electron chi connectivity index (χ0n) is 11.1. The van der Waals surface area contributed by atoms with Crippen LogP contribution in [0.3, 0.4) is 0 Å². The van der Waals surface area contributed by atoms with Crippen LogP contribution >= 0.6 is 0 Å². The number of ether oxygens (including phenoxy) is 2. The van der Waals surface area contributed by atoms with Crippen LogP contribution in [0.2, 0.25) is 0 Å². The lowest BCUT2D eigenvalue weighted by Gasteiger charge is -2.37. The number of hydrogen-bond acceptors (Lipinski definition) is 3. The molecule has 4 heteroatoms. The van der Waals surface area contributed by atoms with E-state index in [0.717, 1.165) is 31.4 Å². The fourth-order valence-electron chi connectivity index (χ4n) is 2.55. The lowest BCUT2D eigenvalue weighted by atomic mass is 9.82. The van der Waals surface area contributed by atoms with Gasteiger partial charge in [0.2, 0.25) is 5.91 Å². The van der Waals surface area contributed by atoms with E-state index in [9.17, 15) is 4.79 Å². The third-order valence-corrected chi connectivity index (χ3v) is 3.59. The Morgan fingerprint density at radius 1 is 1.44 bits per heavy atom. The summed E-state index contributed by atoms with van der Waals surface area (Å²) in [4.78, 5) is 11.3. The van der Waals surface area contributed by atoms with E-state index >= 15 is 0 Å². The molecule has 18 heavy (non-hydrogen) atoms. The minimum Gasteiger partial charge on any atom is -0.472 e. The van der Waals surface area contributed by atoms with Gasteiger partial charge in [-0.2, -0.15) is 0 Å². The Bertz CT molecular complexity index is 373. The Balaban J connectivity index is 1.81. The number of carbonyl (C=O) groups is 1. The van der Waals surface area contributed by atoms with Crippen molar-refractivity contribution in [2.24, 2.45) is 5.92 Å². The summed E-state index contributed by atoms with van der Waals surface area (Å²) in [5.74, 6) is 1.37. The first-order chi connectivity index (χ1) is 8.74. The van der Waals surface area contributed by atoms with Crippen LogP contribution in [0.1, 0.15) is 32.6 Å². The molecule has 1 heterocycles. The summed E-state index contributed by atoms with van der Waals surface area (Å²) < 4.78 is 10.4. The molecule has 0 aromatic rings. The monoisotopic (exact) mass is 251 g/mol. The van der Waals surface area contributed by atoms with E-state index in [4.69, 9.17) is 9.47 Å².